The van der Waals surface area contributed by atoms with Gasteiger partial charge in [0.25, 0.3) is 0 Å². The first-order valence-corrected chi connectivity index (χ1v) is 5.79. The zero-order valence-electron chi connectivity index (χ0n) is 9.84. The van der Waals surface area contributed by atoms with Crippen molar-refractivity contribution < 1.29 is 9.18 Å². The van der Waals surface area contributed by atoms with E-state index in [1.165, 1.54) is 12.1 Å². The molecule has 1 unspecified atom stereocenters. The molecule has 7 heteroatoms. The van der Waals surface area contributed by atoms with Gasteiger partial charge in [-0.15, -0.1) is 12.4 Å². The summed E-state index contributed by atoms with van der Waals surface area (Å²) in [5, 5.41) is 2.82. The summed E-state index contributed by atoms with van der Waals surface area (Å²) < 4.78 is 13.3. The number of nitrogens with one attached hydrogen (secondary N) is 1. The minimum Gasteiger partial charge on any atom is -0.348 e. The monoisotopic (exact) mass is 314 g/mol. The molecule has 1 aromatic rings. The average Bonchev–Trinajstić information content (AvgIpc) is 2.24. The van der Waals surface area contributed by atoms with Gasteiger partial charge in [0.05, 0.1) is 17.1 Å². The Bertz CT molecular complexity index is 441. The fourth-order valence-corrected chi connectivity index (χ4v) is 2.05. The van der Waals surface area contributed by atoms with E-state index in [-0.39, 0.29) is 23.3 Å². The third kappa shape index (κ3) is 3.99. The van der Waals surface area contributed by atoms with Gasteiger partial charge in [0.15, 0.2) is 0 Å². The van der Waals surface area contributed by atoms with Gasteiger partial charge in [-0.2, -0.15) is 0 Å². The molecule has 0 fully saturated rings. The van der Waals surface area contributed by atoms with Crippen molar-refractivity contribution in [3.8, 4) is 0 Å². The molecule has 0 radical (unpaired) electrons. The Balaban J connectivity index is 0.00000289. The lowest BCUT2D eigenvalue weighted by molar-refractivity contribution is -0.122. The zero-order chi connectivity index (χ0) is 13.2. The van der Waals surface area contributed by atoms with Crippen molar-refractivity contribution in [2.45, 2.75) is 25.9 Å². The van der Waals surface area contributed by atoms with Gasteiger partial charge >= 0.3 is 0 Å². The molecule has 1 aromatic carbocycles. The van der Waals surface area contributed by atoms with Crippen LogP contribution < -0.4 is 11.1 Å². The predicted octanol–water partition coefficient (Wildman–Crippen LogP) is 3.08. The normalized spacial score (nSPS) is 13.4. The van der Waals surface area contributed by atoms with E-state index in [0.29, 0.717) is 10.6 Å². The maximum Gasteiger partial charge on any atom is 0.237 e. The second-order valence-corrected chi connectivity index (χ2v) is 4.56. The smallest absolute Gasteiger partial charge is 0.237 e. The highest BCUT2D eigenvalue weighted by Crippen LogP contribution is 2.32. The highest BCUT2D eigenvalue weighted by Gasteiger charge is 2.19. The van der Waals surface area contributed by atoms with Crippen LogP contribution in [0.4, 0.5) is 4.39 Å². The molecule has 0 aromatic heterocycles. The summed E-state index contributed by atoms with van der Waals surface area (Å²) in [6, 6.07) is 1.41. The number of amides is 1. The molecule has 1 amide bonds. The van der Waals surface area contributed by atoms with Crippen molar-refractivity contribution in [2.75, 3.05) is 0 Å². The fourth-order valence-electron chi connectivity index (χ4n) is 1.36. The van der Waals surface area contributed by atoms with E-state index in [4.69, 9.17) is 28.9 Å². The second-order valence-electron chi connectivity index (χ2n) is 3.78. The lowest BCUT2D eigenvalue weighted by Crippen LogP contribution is -2.39. The summed E-state index contributed by atoms with van der Waals surface area (Å²) in [5.74, 6) is -0.929. The van der Waals surface area contributed by atoms with Crippen LogP contribution in [0.15, 0.2) is 12.1 Å². The Kier molecular flexibility index (Phi) is 6.92. The highest BCUT2D eigenvalue weighted by atomic mass is 35.5. The van der Waals surface area contributed by atoms with E-state index in [1.54, 1.807) is 13.8 Å². The number of benzene rings is 1. The third-order valence-corrected chi connectivity index (χ3v) is 3.00. The van der Waals surface area contributed by atoms with E-state index in [0.717, 1.165) is 0 Å². The first kappa shape index (κ1) is 17.4. The number of carbonyl (C=O) groups excluding carboxylic acids is 1. The Labute approximate surface area is 121 Å². The number of hydrogen-bond acceptors (Lipinski definition) is 2. The van der Waals surface area contributed by atoms with Crippen LogP contribution in [0, 0.1) is 5.82 Å². The van der Waals surface area contributed by atoms with E-state index >= 15 is 0 Å². The van der Waals surface area contributed by atoms with E-state index in [1.807, 2.05) is 0 Å². The molecule has 1 rings (SSSR count). The minimum absolute atomic E-state index is 0. The molecule has 3 N–H and O–H groups in total. The van der Waals surface area contributed by atoms with Gasteiger partial charge in [-0.3, -0.25) is 4.79 Å². The summed E-state index contributed by atoms with van der Waals surface area (Å²) in [6.07, 6.45) is 0. The minimum atomic E-state index is -0.649. The first-order valence-electron chi connectivity index (χ1n) is 5.04. The Hall–Kier alpha value is -0.550. The molecule has 2 atom stereocenters. The quantitative estimate of drug-likeness (QED) is 0.842. The van der Waals surface area contributed by atoms with Gasteiger partial charge in [-0.1, -0.05) is 23.2 Å². The molecular formula is C11H14Cl3FN2O. The van der Waals surface area contributed by atoms with Crippen molar-refractivity contribution in [3.63, 3.8) is 0 Å². The van der Waals surface area contributed by atoms with Gasteiger partial charge in [-0.25, -0.2) is 4.39 Å². The Morgan fingerprint density at radius 3 is 2.44 bits per heavy atom. The number of halogens is 4. The molecule has 0 heterocycles. The standard InChI is InChI=1S/C11H13Cl2FN2O.ClH/c1-5(15)11(17)16-6(2)9-7(12)3-4-8(14)10(9)13;/h3-6H,15H2,1-2H3,(H,16,17);1H/t5-,6?;/m1./s1. The summed E-state index contributed by atoms with van der Waals surface area (Å²) in [5.41, 5.74) is 5.77. The second kappa shape index (κ2) is 7.14. The first-order chi connectivity index (χ1) is 7.84. The fraction of sp³-hybridized carbons (Fsp3) is 0.364. The van der Waals surface area contributed by atoms with Gasteiger partial charge in [0, 0.05) is 10.6 Å². The molecule has 0 spiro atoms. The Morgan fingerprint density at radius 1 is 1.39 bits per heavy atom. The SMILES string of the molecule is CC(NC(=O)[C@@H](C)N)c1c(Cl)ccc(F)c1Cl.Cl. The number of nitrogens with two attached hydrogens (primary N) is 1. The molecular weight excluding hydrogens is 301 g/mol. The van der Waals surface area contributed by atoms with Gasteiger partial charge in [0.1, 0.15) is 5.82 Å². The Morgan fingerprint density at radius 2 is 1.94 bits per heavy atom. The van der Waals surface area contributed by atoms with Crippen molar-refractivity contribution in [3.05, 3.63) is 33.6 Å². The molecule has 0 saturated carbocycles. The molecule has 0 bridgehead atoms. The maximum atomic E-state index is 13.3. The van der Waals surface area contributed by atoms with Crippen LogP contribution in [-0.4, -0.2) is 11.9 Å². The number of hydrogen-bond donors (Lipinski definition) is 2. The van der Waals surface area contributed by atoms with Crippen LogP contribution in [0.3, 0.4) is 0 Å². The third-order valence-electron chi connectivity index (χ3n) is 2.28. The average molecular weight is 316 g/mol. The van der Waals surface area contributed by atoms with Crippen molar-refractivity contribution >= 4 is 41.5 Å². The molecule has 3 nitrogen and oxygen atoms in total. The van der Waals surface area contributed by atoms with Gasteiger partial charge < -0.3 is 11.1 Å². The van der Waals surface area contributed by atoms with Crippen LogP contribution in [-0.2, 0) is 4.79 Å². The summed E-state index contributed by atoms with van der Waals surface area (Å²) in [7, 11) is 0. The van der Waals surface area contributed by atoms with Gasteiger partial charge in [-0.05, 0) is 26.0 Å². The summed E-state index contributed by atoms with van der Waals surface area (Å²) in [4.78, 5) is 11.4. The molecule has 0 saturated heterocycles. The number of rotatable bonds is 3. The van der Waals surface area contributed by atoms with E-state index in [9.17, 15) is 9.18 Å². The maximum absolute atomic E-state index is 13.3. The zero-order valence-corrected chi connectivity index (χ0v) is 12.2. The van der Waals surface area contributed by atoms with E-state index < -0.39 is 17.9 Å². The van der Waals surface area contributed by atoms with Crippen LogP contribution in [0.2, 0.25) is 10.0 Å². The lowest BCUT2D eigenvalue weighted by Gasteiger charge is -2.18. The molecule has 18 heavy (non-hydrogen) atoms. The van der Waals surface area contributed by atoms with Crippen LogP contribution >= 0.6 is 35.6 Å². The van der Waals surface area contributed by atoms with Crippen molar-refractivity contribution in [2.24, 2.45) is 5.73 Å². The molecule has 102 valence electrons. The largest absolute Gasteiger partial charge is 0.348 e. The molecule has 0 aliphatic heterocycles. The van der Waals surface area contributed by atoms with Crippen molar-refractivity contribution in [1.29, 1.82) is 0 Å². The van der Waals surface area contributed by atoms with Crippen molar-refractivity contribution in [1.82, 2.24) is 5.32 Å². The topological polar surface area (TPSA) is 55.1 Å². The molecule has 0 aliphatic rings. The van der Waals surface area contributed by atoms with Crippen LogP contribution in [0.25, 0.3) is 0 Å². The summed E-state index contributed by atoms with van der Waals surface area (Å²) in [6.45, 7) is 3.21. The van der Waals surface area contributed by atoms with Crippen LogP contribution in [0.1, 0.15) is 25.5 Å². The predicted molar refractivity (Wildman–Crippen MR) is 73.9 cm³/mol. The number of carbonyl (C=O) groups is 1. The highest BCUT2D eigenvalue weighted by molar-refractivity contribution is 6.36. The summed E-state index contributed by atoms with van der Waals surface area (Å²) >= 11 is 11.7. The lowest BCUT2D eigenvalue weighted by atomic mass is 10.1. The van der Waals surface area contributed by atoms with Gasteiger partial charge in [0.2, 0.25) is 5.91 Å². The van der Waals surface area contributed by atoms with Crippen LogP contribution in [0.5, 0.6) is 0 Å². The van der Waals surface area contributed by atoms with E-state index in [2.05, 4.69) is 5.32 Å². The molecule has 0 aliphatic carbocycles.